The van der Waals surface area contributed by atoms with Gasteiger partial charge in [-0.05, 0) is 118 Å². The van der Waals surface area contributed by atoms with Crippen molar-refractivity contribution in [2.24, 2.45) is 0 Å². The van der Waals surface area contributed by atoms with Crippen LogP contribution < -0.4 is 9.47 Å². The van der Waals surface area contributed by atoms with Crippen molar-refractivity contribution >= 4 is 32.3 Å². The third kappa shape index (κ3) is 5.32. The first-order chi connectivity index (χ1) is 20.0. The highest BCUT2D eigenvalue weighted by molar-refractivity contribution is 5.99. The molecule has 0 aromatic heterocycles. The van der Waals surface area contributed by atoms with Crippen molar-refractivity contribution in [3.05, 3.63) is 144 Å². The average Bonchev–Trinajstić information content (AvgIpc) is 2.96. The Hall–Kier alpha value is -5.08. The lowest BCUT2D eigenvalue weighted by Crippen LogP contribution is -1.90. The Morgan fingerprint density at radius 2 is 0.905 bits per heavy atom. The molecule has 7 aromatic rings. The van der Waals surface area contributed by atoms with Crippen LogP contribution in [0.2, 0.25) is 0 Å². The average molecular weight is 547 g/mol. The molecule has 2 nitrogen and oxygen atoms in total. The molecule has 0 heterocycles. The predicted octanol–water partition coefficient (Wildman–Crippen LogP) is 12.0. The first-order valence-corrected chi connectivity index (χ1v) is 14.0. The Bertz CT molecular complexity index is 2090. The monoisotopic (exact) mass is 546 g/mol. The molecule has 0 aliphatic rings. The molecule has 7 aromatic carbocycles. The fourth-order valence-electron chi connectivity index (χ4n) is 5.66. The minimum absolute atomic E-state index is 0. The molecule has 0 saturated heterocycles. The maximum Gasteiger partial charge on any atom is 0.128 e. The number of ether oxygens (including phenoxy) is 2. The lowest BCUT2D eigenvalue weighted by atomic mass is 9.93. The van der Waals surface area contributed by atoms with Crippen molar-refractivity contribution in [2.45, 2.75) is 28.2 Å². The van der Waals surface area contributed by atoms with Gasteiger partial charge in [0.05, 0.1) is 0 Å². The number of aryl methyl sites for hydroxylation is 3. The first-order valence-electron chi connectivity index (χ1n) is 14.0. The highest BCUT2D eigenvalue weighted by atomic mass is 16.5. The van der Waals surface area contributed by atoms with Crippen LogP contribution in [-0.2, 0) is 0 Å². The molecule has 0 amide bonds. The Balaban J connectivity index is 0.00000316. The quantitative estimate of drug-likeness (QED) is 0.214. The zero-order chi connectivity index (χ0) is 27.9. The van der Waals surface area contributed by atoms with Gasteiger partial charge in [0.1, 0.15) is 23.0 Å². The highest BCUT2D eigenvalue weighted by Crippen LogP contribution is 2.36. The normalized spacial score (nSPS) is 11.0. The molecule has 0 aliphatic heterocycles. The molecule has 0 unspecified atom stereocenters. The smallest absolute Gasteiger partial charge is 0.128 e. The van der Waals surface area contributed by atoms with Crippen LogP contribution in [0.5, 0.6) is 23.0 Å². The fraction of sp³-hybridized carbons (Fsp3) is 0.100. The second-order valence-corrected chi connectivity index (χ2v) is 10.9. The Morgan fingerprint density at radius 3 is 1.52 bits per heavy atom. The number of hydrogen-bond acceptors (Lipinski definition) is 2. The minimum atomic E-state index is 0. The summed E-state index contributed by atoms with van der Waals surface area (Å²) < 4.78 is 12.7. The topological polar surface area (TPSA) is 18.5 Å². The van der Waals surface area contributed by atoms with E-state index in [4.69, 9.17) is 9.47 Å². The summed E-state index contributed by atoms with van der Waals surface area (Å²) in [6.07, 6.45) is 0. The summed E-state index contributed by atoms with van der Waals surface area (Å²) in [6, 6.07) is 44.5. The van der Waals surface area contributed by atoms with Crippen molar-refractivity contribution in [2.75, 3.05) is 0 Å². The highest BCUT2D eigenvalue weighted by Gasteiger charge is 2.10. The van der Waals surface area contributed by atoms with E-state index in [0.29, 0.717) is 0 Å². The molecule has 206 valence electrons. The van der Waals surface area contributed by atoms with Gasteiger partial charge in [0.2, 0.25) is 0 Å². The third-order valence-corrected chi connectivity index (χ3v) is 7.73. The van der Waals surface area contributed by atoms with Gasteiger partial charge in [-0.1, -0.05) is 97.4 Å². The molecule has 0 spiro atoms. The zero-order valence-electron chi connectivity index (χ0n) is 23.4. The minimum Gasteiger partial charge on any atom is -0.457 e. The van der Waals surface area contributed by atoms with Crippen LogP contribution in [0.15, 0.2) is 127 Å². The van der Waals surface area contributed by atoms with Crippen molar-refractivity contribution in [3.63, 3.8) is 0 Å². The zero-order valence-corrected chi connectivity index (χ0v) is 23.4. The molecule has 0 bridgehead atoms. The number of rotatable bonds is 5. The van der Waals surface area contributed by atoms with Crippen molar-refractivity contribution in [1.29, 1.82) is 0 Å². The fourth-order valence-corrected chi connectivity index (χ4v) is 5.66. The van der Waals surface area contributed by atoms with Gasteiger partial charge in [-0.25, -0.2) is 0 Å². The van der Waals surface area contributed by atoms with Crippen LogP contribution in [0.25, 0.3) is 43.4 Å². The summed E-state index contributed by atoms with van der Waals surface area (Å²) >= 11 is 0. The maximum absolute atomic E-state index is 6.43. The van der Waals surface area contributed by atoms with E-state index >= 15 is 0 Å². The molecule has 0 aliphatic carbocycles. The Kier molecular flexibility index (Phi) is 7.14. The molecule has 0 radical (unpaired) electrons. The van der Waals surface area contributed by atoms with E-state index in [1.54, 1.807) is 0 Å². The molecule has 0 saturated carbocycles. The van der Waals surface area contributed by atoms with Crippen LogP contribution >= 0.6 is 0 Å². The summed E-state index contributed by atoms with van der Waals surface area (Å²) in [6.45, 7) is 6.42. The first kappa shape index (κ1) is 27.1. The van der Waals surface area contributed by atoms with Crippen LogP contribution in [0.3, 0.4) is 0 Å². The summed E-state index contributed by atoms with van der Waals surface area (Å²) in [7, 11) is 0. The molecule has 0 atom stereocenters. The molecular weight excluding hydrogens is 512 g/mol. The lowest BCUT2D eigenvalue weighted by Gasteiger charge is -2.14. The molecule has 2 heteroatoms. The van der Waals surface area contributed by atoms with Crippen LogP contribution in [0.1, 0.15) is 24.1 Å². The van der Waals surface area contributed by atoms with Crippen LogP contribution in [0, 0.1) is 20.8 Å². The molecular formula is C40H34O2. The summed E-state index contributed by atoms with van der Waals surface area (Å²) in [5, 5.41) is 6.97. The Labute approximate surface area is 247 Å². The van der Waals surface area contributed by atoms with Gasteiger partial charge in [0, 0.05) is 0 Å². The maximum atomic E-state index is 6.43. The van der Waals surface area contributed by atoms with Crippen LogP contribution in [0.4, 0.5) is 0 Å². The van der Waals surface area contributed by atoms with Crippen LogP contribution in [-0.4, -0.2) is 0 Å². The predicted molar refractivity (Wildman–Crippen MR) is 178 cm³/mol. The van der Waals surface area contributed by atoms with E-state index in [1.807, 2.05) is 24.3 Å². The van der Waals surface area contributed by atoms with E-state index < -0.39 is 0 Å². The summed E-state index contributed by atoms with van der Waals surface area (Å²) in [5.41, 5.74) is 6.22. The molecule has 0 N–H and O–H groups in total. The van der Waals surface area contributed by atoms with Gasteiger partial charge >= 0.3 is 0 Å². The van der Waals surface area contributed by atoms with Gasteiger partial charge in [0.25, 0.3) is 0 Å². The SMILES string of the molecule is C.Cc1cccc(-c2c(C)ccc3ccc(Oc4ccc5ccc(Oc6ccc7ccc(C)cc7c6)cc5c4)cc23)c1. The standard InChI is InChI=1S/C39H30O2.CH4/c1-25-5-4-6-31(19-25)39-27(3)8-10-30-14-18-37(24-38(30)39)41-36-17-13-29-12-16-35(22-33(29)23-36)40-34-15-11-28-9-7-26(2)20-32(28)21-34;/h4-24H,1-3H3;1H4. The third-order valence-electron chi connectivity index (χ3n) is 7.73. The van der Waals surface area contributed by atoms with E-state index in [9.17, 15) is 0 Å². The van der Waals surface area contributed by atoms with E-state index in [0.717, 1.165) is 33.8 Å². The molecule has 42 heavy (non-hydrogen) atoms. The van der Waals surface area contributed by atoms with Gasteiger partial charge in [0.15, 0.2) is 0 Å². The second-order valence-electron chi connectivity index (χ2n) is 10.9. The van der Waals surface area contributed by atoms with E-state index in [1.165, 1.54) is 49.4 Å². The van der Waals surface area contributed by atoms with Crippen molar-refractivity contribution in [1.82, 2.24) is 0 Å². The van der Waals surface area contributed by atoms with E-state index in [-0.39, 0.29) is 7.43 Å². The van der Waals surface area contributed by atoms with Gasteiger partial charge in [-0.15, -0.1) is 0 Å². The van der Waals surface area contributed by atoms with Gasteiger partial charge in [-0.3, -0.25) is 0 Å². The van der Waals surface area contributed by atoms with Crippen molar-refractivity contribution < 1.29 is 9.47 Å². The number of hydrogen-bond donors (Lipinski definition) is 0. The van der Waals surface area contributed by atoms with Gasteiger partial charge in [-0.2, -0.15) is 0 Å². The lowest BCUT2D eigenvalue weighted by molar-refractivity contribution is 0.482. The van der Waals surface area contributed by atoms with Crippen molar-refractivity contribution in [3.8, 4) is 34.1 Å². The molecule has 7 rings (SSSR count). The second kappa shape index (κ2) is 11.1. The molecule has 0 fully saturated rings. The Morgan fingerprint density at radius 1 is 0.405 bits per heavy atom. The largest absolute Gasteiger partial charge is 0.457 e. The van der Waals surface area contributed by atoms with Gasteiger partial charge < -0.3 is 9.47 Å². The number of fused-ring (bicyclic) bond motifs is 3. The number of benzene rings is 7. The van der Waals surface area contributed by atoms with E-state index in [2.05, 4.69) is 124 Å². The summed E-state index contributed by atoms with van der Waals surface area (Å²) in [4.78, 5) is 0. The summed E-state index contributed by atoms with van der Waals surface area (Å²) in [5.74, 6) is 3.23.